The number of aryl methyl sites for hydroxylation is 1. The molecule has 1 aromatic heterocycles. The molecule has 6 heteroatoms. The van der Waals surface area contributed by atoms with Gasteiger partial charge in [0.2, 0.25) is 0 Å². The summed E-state index contributed by atoms with van der Waals surface area (Å²) in [6.45, 7) is 4.04. The third kappa shape index (κ3) is 4.86. The molecule has 5 nitrogen and oxygen atoms in total. The summed E-state index contributed by atoms with van der Waals surface area (Å²) in [6, 6.07) is 9.31. The van der Waals surface area contributed by atoms with Gasteiger partial charge >= 0.3 is 0 Å². The van der Waals surface area contributed by atoms with Crippen LogP contribution in [0.15, 0.2) is 36.5 Å². The molecule has 24 heavy (non-hydrogen) atoms. The van der Waals surface area contributed by atoms with Crippen LogP contribution in [0.25, 0.3) is 0 Å². The first-order chi connectivity index (χ1) is 11.4. The number of nitrogens with zero attached hydrogens (tertiary/aromatic N) is 2. The van der Waals surface area contributed by atoms with E-state index in [9.17, 15) is 4.79 Å². The second-order valence-electron chi connectivity index (χ2n) is 5.83. The first kappa shape index (κ1) is 18.1. The van der Waals surface area contributed by atoms with E-state index in [0.29, 0.717) is 17.3 Å². The van der Waals surface area contributed by atoms with Gasteiger partial charge in [0, 0.05) is 26.8 Å². The van der Waals surface area contributed by atoms with E-state index < -0.39 is 6.10 Å². The number of carbonyl (C=O) groups excluding carboxylic acids is 1. The van der Waals surface area contributed by atoms with Crippen LogP contribution in [-0.2, 0) is 11.3 Å². The lowest BCUT2D eigenvalue weighted by atomic mass is 10.2. The van der Waals surface area contributed by atoms with Crippen molar-refractivity contribution in [2.45, 2.75) is 26.5 Å². The zero-order valence-corrected chi connectivity index (χ0v) is 15.1. The normalized spacial score (nSPS) is 11.7. The molecule has 1 aromatic carbocycles. The van der Waals surface area contributed by atoms with E-state index in [1.807, 2.05) is 50.2 Å². The Kier molecular flexibility index (Phi) is 6.04. The topological polar surface area (TPSA) is 54.5 Å². The fraction of sp³-hybridized carbons (Fsp3) is 0.333. The zero-order valence-electron chi connectivity index (χ0n) is 14.3. The van der Waals surface area contributed by atoms with E-state index in [1.54, 1.807) is 19.2 Å². The molecule has 1 heterocycles. The first-order valence-electron chi connectivity index (χ1n) is 7.69. The van der Waals surface area contributed by atoms with Crippen LogP contribution in [0.5, 0.6) is 5.75 Å². The quantitative estimate of drug-likeness (QED) is 0.872. The van der Waals surface area contributed by atoms with Crippen molar-refractivity contribution in [3.8, 4) is 5.75 Å². The highest BCUT2D eigenvalue weighted by Crippen LogP contribution is 2.26. The number of hydrogen-bond donors (Lipinski definition) is 1. The lowest BCUT2D eigenvalue weighted by Crippen LogP contribution is -2.36. The van der Waals surface area contributed by atoms with Crippen molar-refractivity contribution in [2.75, 3.05) is 19.0 Å². The SMILES string of the molecule is Cc1ccc(Cl)c(OC(C)C(=O)NCc2ccc(N(C)C)nc2)c1. The van der Waals surface area contributed by atoms with Gasteiger partial charge in [-0.15, -0.1) is 0 Å². The number of hydrogen-bond acceptors (Lipinski definition) is 4. The molecule has 0 spiro atoms. The van der Waals surface area contributed by atoms with Crippen molar-refractivity contribution >= 4 is 23.3 Å². The highest BCUT2D eigenvalue weighted by molar-refractivity contribution is 6.32. The van der Waals surface area contributed by atoms with Gasteiger partial charge in [0.15, 0.2) is 6.10 Å². The summed E-state index contributed by atoms with van der Waals surface area (Å²) < 4.78 is 5.66. The lowest BCUT2D eigenvalue weighted by molar-refractivity contribution is -0.127. The maximum Gasteiger partial charge on any atom is 0.261 e. The van der Waals surface area contributed by atoms with E-state index in [4.69, 9.17) is 16.3 Å². The Morgan fingerprint density at radius 2 is 2.08 bits per heavy atom. The van der Waals surface area contributed by atoms with E-state index in [2.05, 4.69) is 10.3 Å². The highest BCUT2D eigenvalue weighted by Gasteiger charge is 2.16. The molecule has 0 aliphatic heterocycles. The van der Waals surface area contributed by atoms with Crippen LogP contribution in [0.3, 0.4) is 0 Å². The van der Waals surface area contributed by atoms with Gasteiger partial charge in [0.25, 0.3) is 5.91 Å². The van der Waals surface area contributed by atoms with Crippen molar-refractivity contribution in [3.05, 3.63) is 52.7 Å². The van der Waals surface area contributed by atoms with Gasteiger partial charge in [0.1, 0.15) is 11.6 Å². The molecular weight excluding hydrogens is 326 g/mol. The number of rotatable bonds is 6. The van der Waals surface area contributed by atoms with E-state index >= 15 is 0 Å². The maximum absolute atomic E-state index is 12.2. The monoisotopic (exact) mass is 347 g/mol. The number of carbonyl (C=O) groups is 1. The summed E-state index contributed by atoms with van der Waals surface area (Å²) >= 11 is 6.09. The molecule has 0 saturated heterocycles. The molecule has 128 valence electrons. The average molecular weight is 348 g/mol. The molecule has 2 aromatic rings. The number of anilines is 1. The van der Waals surface area contributed by atoms with Gasteiger partial charge in [-0.2, -0.15) is 0 Å². The summed E-state index contributed by atoms with van der Waals surface area (Å²) in [6.07, 6.45) is 1.11. The molecule has 1 unspecified atom stereocenters. The van der Waals surface area contributed by atoms with Crippen LogP contribution >= 0.6 is 11.6 Å². The molecular formula is C18H22ClN3O2. The van der Waals surface area contributed by atoms with Crippen LogP contribution in [0.4, 0.5) is 5.82 Å². The second kappa shape index (κ2) is 8.02. The average Bonchev–Trinajstić information content (AvgIpc) is 2.56. The van der Waals surface area contributed by atoms with Crippen LogP contribution < -0.4 is 15.0 Å². The van der Waals surface area contributed by atoms with Crippen LogP contribution in [0, 0.1) is 6.92 Å². The number of halogens is 1. The smallest absolute Gasteiger partial charge is 0.261 e. The summed E-state index contributed by atoms with van der Waals surface area (Å²) in [4.78, 5) is 18.4. The van der Waals surface area contributed by atoms with Crippen molar-refractivity contribution in [3.63, 3.8) is 0 Å². The van der Waals surface area contributed by atoms with Crippen molar-refractivity contribution in [2.24, 2.45) is 0 Å². The Morgan fingerprint density at radius 1 is 1.33 bits per heavy atom. The molecule has 1 atom stereocenters. The van der Waals surface area contributed by atoms with Crippen molar-refractivity contribution in [1.29, 1.82) is 0 Å². The number of nitrogens with one attached hydrogen (secondary N) is 1. The molecule has 2 rings (SSSR count). The van der Waals surface area contributed by atoms with Crippen LogP contribution in [0.2, 0.25) is 5.02 Å². The second-order valence-corrected chi connectivity index (χ2v) is 6.24. The van der Waals surface area contributed by atoms with Gasteiger partial charge in [-0.25, -0.2) is 4.98 Å². The van der Waals surface area contributed by atoms with Gasteiger partial charge < -0.3 is 15.0 Å². The largest absolute Gasteiger partial charge is 0.479 e. The molecule has 0 fully saturated rings. The summed E-state index contributed by atoms with van der Waals surface area (Å²) in [5.74, 6) is 1.18. The number of ether oxygens (including phenoxy) is 1. The highest BCUT2D eigenvalue weighted by atomic mass is 35.5. The molecule has 1 N–H and O–H groups in total. The first-order valence-corrected chi connectivity index (χ1v) is 8.07. The predicted molar refractivity (Wildman–Crippen MR) is 96.7 cm³/mol. The molecule has 0 aliphatic rings. The third-order valence-corrected chi connectivity index (χ3v) is 3.81. The van der Waals surface area contributed by atoms with E-state index in [0.717, 1.165) is 16.9 Å². The Bertz CT molecular complexity index is 702. The molecule has 0 aliphatic carbocycles. The van der Waals surface area contributed by atoms with Gasteiger partial charge in [-0.3, -0.25) is 4.79 Å². The minimum atomic E-state index is -0.640. The molecule has 0 bridgehead atoms. The fourth-order valence-corrected chi connectivity index (χ4v) is 2.23. The zero-order chi connectivity index (χ0) is 17.7. The van der Waals surface area contributed by atoms with Crippen LogP contribution in [0.1, 0.15) is 18.1 Å². The Morgan fingerprint density at radius 3 is 2.71 bits per heavy atom. The maximum atomic E-state index is 12.2. The Labute approximate surface area is 147 Å². The summed E-state index contributed by atoms with van der Waals surface area (Å²) in [5.41, 5.74) is 1.95. The standard InChI is InChI=1S/C18H22ClN3O2/c1-12-5-7-15(19)16(9-12)24-13(2)18(23)21-11-14-6-8-17(20-10-14)22(3)4/h5-10,13H,11H2,1-4H3,(H,21,23). The predicted octanol–water partition coefficient (Wildman–Crippen LogP) is 3.19. The minimum Gasteiger partial charge on any atom is -0.479 e. The van der Waals surface area contributed by atoms with Crippen LogP contribution in [-0.4, -0.2) is 31.1 Å². The molecule has 0 radical (unpaired) electrons. The van der Waals surface area contributed by atoms with Gasteiger partial charge in [-0.1, -0.05) is 23.7 Å². The van der Waals surface area contributed by atoms with Crippen molar-refractivity contribution in [1.82, 2.24) is 10.3 Å². The summed E-state index contributed by atoms with van der Waals surface area (Å²) in [7, 11) is 3.86. The number of amides is 1. The number of aromatic nitrogens is 1. The van der Waals surface area contributed by atoms with Crippen molar-refractivity contribution < 1.29 is 9.53 Å². The number of pyridine rings is 1. The van der Waals surface area contributed by atoms with Gasteiger partial charge in [-0.05, 0) is 43.2 Å². The molecule has 0 saturated carbocycles. The Hall–Kier alpha value is -2.27. The third-order valence-electron chi connectivity index (χ3n) is 3.49. The molecule has 1 amide bonds. The van der Waals surface area contributed by atoms with E-state index in [-0.39, 0.29) is 5.91 Å². The fourth-order valence-electron chi connectivity index (χ4n) is 2.06. The lowest BCUT2D eigenvalue weighted by Gasteiger charge is -2.16. The number of benzene rings is 1. The van der Waals surface area contributed by atoms with Gasteiger partial charge in [0.05, 0.1) is 5.02 Å². The Balaban J connectivity index is 1.90. The van der Waals surface area contributed by atoms with E-state index in [1.165, 1.54) is 0 Å². The minimum absolute atomic E-state index is 0.204. The summed E-state index contributed by atoms with van der Waals surface area (Å²) in [5, 5.41) is 3.33.